The molecule has 1 aromatic carbocycles. The molecule has 0 radical (unpaired) electrons. The van der Waals surface area contributed by atoms with Crippen LogP contribution >= 0.6 is 23.1 Å². The number of hydrogen-bond acceptors (Lipinski definition) is 6. The van der Waals surface area contributed by atoms with Gasteiger partial charge in [-0.25, -0.2) is 4.98 Å². The number of unbranched alkanes of at least 4 members (excludes halogenated alkanes) is 4. The topological polar surface area (TPSA) is 47.4 Å². The molecular formula is C26H35N3O2S2. The minimum atomic E-state index is 0.0640. The van der Waals surface area contributed by atoms with Crippen molar-refractivity contribution in [3.8, 4) is 11.4 Å². The summed E-state index contributed by atoms with van der Waals surface area (Å²) in [4.78, 5) is 23.6. The van der Waals surface area contributed by atoms with Gasteiger partial charge in [0.15, 0.2) is 5.16 Å². The zero-order valence-corrected chi connectivity index (χ0v) is 21.9. The Kier molecular flexibility index (Phi) is 8.15. The molecule has 1 aliphatic heterocycles. The molecule has 0 spiro atoms. The summed E-state index contributed by atoms with van der Waals surface area (Å²) in [7, 11) is 1.66. The predicted molar refractivity (Wildman–Crippen MR) is 141 cm³/mol. The number of thioether (sulfide) groups is 1. The largest absolute Gasteiger partial charge is 0.497 e. The lowest BCUT2D eigenvalue weighted by Crippen LogP contribution is -2.35. The van der Waals surface area contributed by atoms with E-state index in [9.17, 15) is 4.79 Å². The predicted octanol–water partition coefficient (Wildman–Crippen LogP) is 6.28. The molecule has 2 aromatic heterocycles. The summed E-state index contributed by atoms with van der Waals surface area (Å²) >= 11 is 3.42. The van der Waals surface area contributed by atoms with Crippen LogP contribution in [-0.2, 0) is 13.0 Å². The van der Waals surface area contributed by atoms with E-state index in [0.717, 1.165) is 58.5 Å². The van der Waals surface area contributed by atoms with Crippen molar-refractivity contribution in [3.63, 3.8) is 0 Å². The Morgan fingerprint density at radius 1 is 1.15 bits per heavy atom. The van der Waals surface area contributed by atoms with Crippen molar-refractivity contribution in [1.29, 1.82) is 0 Å². The zero-order valence-electron chi connectivity index (χ0n) is 20.2. The first-order valence-electron chi connectivity index (χ1n) is 12.1. The molecule has 3 heterocycles. The van der Waals surface area contributed by atoms with E-state index in [4.69, 9.17) is 9.72 Å². The van der Waals surface area contributed by atoms with Gasteiger partial charge in [0.1, 0.15) is 10.6 Å². The van der Waals surface area contributed by atoms with Crippen LogP contribution in [0.25, 0.3) is 15.9 Å². The van der Waals surface area contributed by atoms with Crippen LogP contribution in [0.5, 0.6) is 5.75 Å². The number of hydrogen-bond donors (Lipinski definition) is 0. The van der Waals surface area contributed by atoms with Crippen molar-refractivity contribution >= 4 is 33.3 Å². The van der Waals surface area contributed by atoms with E-state index < -0.39 is 0 Å². The third-order valence-corrected chi connectivity index (χ3v) is 8.55. The maximum Gasteiger partial charge on any atom is 0.267 e. The molecule has 0 saturated carbocycles. The summed E-state index contributed by atoms with van der Waals surface area (Å²) < 4.78 is 7.15. The van der Waals surface area contributed by atoms with Gasteiger partial charge in [-0.1, -0.05) is 44.4 Å². The smallest absolute Gasteiger partial charge is 0.267 e. The molecule has 0 N–H and O–H groups in total. The highest BCUT2D eigenvalue weighted by Gasteiger charge is 2.26. The van der Waals surface area contributed by atoms with E-state index in [2.05, 4.69) is 25.7 Å². The van der Waals surface area contributed by atoms with E-state index in [1.165, 1.54) is 36.1 Å². The summed E-state index contributed by atoms with van der Waals surface area (Å²) in [6, 6.07) is 8.24. The first kappa shape index (κ1) is 24.3. The highest BCUT2D eigenvalue weighted by Crippen LogP contribution is 2.35. The quantitative estimate of drug-likeness (QED) is 0.192. The molecule has 0 fully saturated rings. The minimum Gasteiger partial charge on any atom is -0.497 e. The van der Waals surface area contributed by atoms with Gasteiger partial charge in [0, 0.05) is 29.8 Å². The molecule has 0 amide bonds. The van der Waals surface area contributed by atoms with E-state index in [1.807, 2.05) is 28.8 Å². The van der Waals surface area contributed by atoms with Crippen molar-refractivity contribution in [2.45, 2.75) is 77.0 Å². The first-order chi connectivity index (χ1) is 16.0. The number of rotatable bonds is 10. The Hall–Kier alpha value is -1.83. The van der Waals surface area contributed by atoms with E-state index >= 15 is 0 Å². The van der Waals surface area contributed by atoms with Gasteiger partial charge in [-0.3, -0.25) is 14.3 Å². The molecular weight excluding hydrogens is 450 g/mol. The van der Waals surface area contributed by atoms with E-state index in [0.29, 0.717) is 6.04 Å². The Bertz CT molecular complexity index is 1140. The van der Waals surface area contributed by atoms with Gasteiger partial charge in [-0.2, -0.15) is 0 Å². The monoisotopic (exact) mass is 485 g/mol. The molecule has 0 aliphatic carbocycles. The summed E-state index contributed by atoms with van der Waals surface area (Å²) in [6.45, 7) is 8.62. The second-order valence-electron chi connectivity index (χ2n) is 8.99. The minimum absolute atomic E-state index is 0.0640. The molecule has 178 valence electrons. The van der Waals surface area contributed by atoms with Crippen molar-refractivity contribution in [2.75, 3.05) is 19.4 Å². The number of methoxy groups -OCH3 is 1. The van der Waals surface area contributed by atoms with Gasteiger partial charge in [0.05, 0.1) is 18.2 Å². The third kappa shape index (κ3) is 5.31. The number of aromatic nitrogens is 2. The van der Waals surface area contributed by atoms with Crippen molar-refractivity contribution < 1.29 is 4.74 Å². The van der Waals surface area contributed by atoms with Crippen LogP contribution in [-0.4, -0.2) is 39.9 Å². The fourth-order valence-electron chi connectivity index (χ4n) is 4.41. The van der Waals surface area contributed by atoms with Crippen LogP contribution in [0.3, 0.4) is 0 Å². The fraction of sp³-hybridized carbons (Fsp3) is 0.538. The molecule has 7 heteroatoms. The van der Waals surface area contributed by atoms with Crippen LogP contribution in [0.15, 0.2) is 34.2 Å². The number of nitrogens with zero attached hydrogens (tertiary/aromatic N) is 3. The summed E-state index contributed by atoms with van der Waals surface area (Å²) in [5, 5.41) is 1.62. The molecule has 33 heavy (non-hydrogen) atoms. The van der Waals surface area contributed by atoms with Gasteiger partial charge in [0.2, 0.25) is 0 Å². The van der Waals surface area contributed by atoms with Crippen molar-refractivity contribution in [3.05, 3.63) is 45.1 Å². The summed E-state index contributed by atoms with van der Waals surface area (Å²) in [5.41, 5.74) is 2.13. The van der Waals surface area contributed by atoms with Crippen molar-refractivity contribution in [2.24, 2.45) is 0 Å². The van der Waals surface area contributed by atoms with Crippen LogP contribution in [0.4, 0.5) is 0 Å². The Morgan fingerprint density at radius 3 is 2.61 bits per heavy atom. The number of benzene rings is 1. The molecule has 1 aliphatic rings. The van der Waals surface area contributed by atoms with Gasteiger partial charge in [0.25, 0.3) is 5.56 Å². The standard InChI is InChI=1S/C26H35N3O2S2/c1-5-6-7-8-9-16-32-26-27-24-23(21-14-15-28(18(2)3)17-22(21)33-24)25(30)29(26)19-10-12-20(31-4)13-11-19/h10-13,18H,5-9,14-17H2,1-4H3. The van der Waals surface area contributed by atoms with Crippen molar-refractivity contribution in [1.82, 2.24) is 14.5 Å². The normalized spacial score (nSPS) is 14.2. The molecule has 0 atom stereocenters. The average Bonchev–Trinajstić information content (AvgIpc) is 3.19. The first-order valence-corrected chi connectivity index (χ1v) is 13.9. The average molecular weight is 486 g/mol. The fourth-order valence-corrected chi connectivity index (χ4v) is 6.71. The SMILES string of the molecule is CCCCCCCSc1nc2sc3c(c2c(=O)n1-c1ccc(OC)cc1)CCN(C(C)C)C3. The highest BCUT2D eigenvalue weighted by molar-refractivity contribution is 7.99. The molecule has 0 unspecified atom stereocenters. The molecule has 4 rings (SSSR count). The lowest BCUT2D eigenvalue weighted by Gasteiger charge is -2.30. The molecule has 0 saturated heterocycles. The van der Waals surface area contributed by atoms with Gasteiger partial charge < -0.3 is 4.74 Å². The van der Waals surface area contributed by atoms with Crippen LogP contribution < -0.4 is 10.3 Å². The van der Waals surface area contributed by atoms with E-state index in [-0.39, 0.29) is 5.56 Å². The Morgan fingerprint density at radius 2 is 1.91 bits per heavy atom. The maximum atomic E-state index is 13.9. The maximum absolute atomic E-state index is 13.9. The number of fused-ring (bicyclic) bond motifs is 3. The zero-order chi connectivity index (χ0) is 23.4. The Labute approximate surface area is 205 Å². The second kappa shape index (κ2) is 11.1. The third-order valence-electron chi connectivity index (χ3n) is 6.41. The Balaban J connectivity index is 1.73. The van der Waals surface area contributed by atoms with E-state index in [1.54, 1.807) is 30.2 Å². The van der Waals surface area contributed by atoms with Gasteiger partial charge >= 0.3 is 0 Å². The molecule has 0 bridgehead atoms. The lowest BCUT2D eigenvalue weighted by molar-refractivity contribution is 0.206. The van der Waals surface area contributed by atoms with Crippen LogP contribution in [0.1, 0.15) is 63.3 Å². The van der Waals surface area contributed by atoms with Crippen LogP contribution in [0.2, 0.25) is 0 Å². The van der Waals surface area contributed by atoms with Gasteiger partial charge in [-0.15, -0.1) is 11.3 Å². The molecule has 3 aromatic rings. The summed E-state index contributed by atoms with van der Waals surface area (Å²) in [5.74, 6) is 1.76. The number of thiophene rings is 1. The number of ether oxygens (including phenoxy) is 1. The molecule has 5 nitrogen and oxygen atoms in total. The lowest BCUT2D eigenvalue weighted by atomic mass is 10.0. The van der Waals surface area contributed by atoms with Crippen LogP contribution in [0, 0.1) is 0 Å². The van der Waals surface area contributed by atoms with Gasteiger partial charge in [-0.05, 0) is 56.5 Å². The summed E-state index contributed by atoms with van der Waals surface area (Å²) in [6.07, 6.45) is 7.11. The highest BCUT2D eigenvalue weighted by atomic mass is 32.2. The second-order valence-corrected chi connectivity index (χ2v) is 11.1.